The van der Waals surface area contributed by atoms with Crippen molar-refractivity contribution >= 4 is 12.0 Å². The lowest BCUT2D eigenvalue weighted by molar-refractivity contribution is 0.0285. The van der Waals surface area contributed by atoms with Gasteiger partial charge in [-0.3, -0.25) is 4.79 Å². The first-order chi connectivity index (χ1) is 8.74. The summed E-state index contributed by atoms with van der Waals surface area (Å²) >= 11 is 0. The van der Waals surface area contributed by atoms with E-state index in [0.29, 0.717) is 11.3 Å². The Labute approximate surface area is 113 Å². The summed E-state index contributed by atoms with van der Waals surface area (Å²) in [6, 6.07) is 6.52. The molecule has 0 N–H and O–H groups in total. The molecule has 0 aromatic heterocycles. The van der Waals surface area contributed by atoms with Crippen LogP contribution in [0.1, 0.15) is 31.1 Å². The monoisotopic (exact) mass is 265 g/mol. The molecule has 1 aromatic carbocycles. The lowest BCUT2D eigenvalue weighted by Gasteiger charge is -2.23. The van der Waals surface area contributed by atoms with Crippen molar-refractivity contribution in [2.24, 2.45) is 0 Å². The quantitative estimate of drug-likeness (QED) is 0.825. The average Bonchev–Trinajstić information content (AvgIpc) is 2.35. The Hall–Kier alpha value is -2.04. The third-order valence-corrected chi connectivity index (χ3v) is 2.31. The zero-order valence-electron chi connectivity index (χ0n) is 11.9. The number of amides is 2. The molecule has 0 aliphatic carbocycles. The highest BCUT2D eigenvalue weighted by Gasteiger charge is 2.24. The predicted molar refractivity (Wildman–Crippen MR) is 71.3 cm³/mol. The molecule has 1 aromatic rings. The summed E-state index contributed by atoms with van der Waals surface area (Å²) in [7, 11) is 2.93. The molecular formula is C14H19NO4. The van der Waals surface area contributed by atoms with Crippen molar-refractivity contribution in [3.05, 3.63) is 29.8 Å². The molecule has 5 heteroatoms. The van der Waals surface area contributed by atoms with Gasteiger partial charge in [-0.1, -0.05) is 0 Å². The van der Waals surface area contributed by atoms with E-state index in [0.717, 1.165) is 4.90 Å². The van der Waals surface area contributed by atoms with E-state index in [9.17, 15) is 9.59 Å². The van der Waals surface area contributed by atoms with Gasteiger partial charge in [-0.25, -0.2) is 9.69 Å². The molecule has 0 spiro atoms. The molecule has 19 heavy (non-hydrogen) atoms. The molecule has 104 valence electrons. The summed E-state index contributed by atoms with van der Waals surface area (Å²) in [6.45, 7) is 5.24. The highest BCUT2D eigenvalue weighted by Crippen LogP contribution is 2.14. The number of benzene rings is 1. The summed E-state index contributed by atoms with van der Waals surface area (Å²) in [4.78, 5) is 24.8. The van der Waals surface area contributed by atoms with Crippen molar-refractivity contribution in [3.8, 4) is 5.75 Å². The van der Waals surface area contributed by atoms with Crippen LogP contribution in [-0.2, 0) is 4.74 Å². The molecule has 0 fully saturated rings. The highest BCUT2D eigenvalue weighted by molar-refractivity contribution is 6.02. The first-order valence-corrected chi connectivity index (χ1v) is 5.89. The fourth-order valence-electron chi connectivity index (χ4n) is 1.34. The second-order valence-electron chi connectivity index (χ2n) is 5.07. The van der Waals surface area contributed by atoms with Gasteiger partial charge in [-0.05, 0) is 45.0 Å². The third kappa shape index (κ3) is 4.28. The van der Waals surface area contributed by atoms with E-state index in [2.05, 4.69) is 0 Å². The van der Waals surface area contributed by atoms with Gasteiger partial charge >= 0.3 is 6.09 Å². The first-order valence-electron chi connectivity index (χ1n) is 5.89. The minimum Gasteiger partial charge on any atom is -0.497 e. The topological polar surface area (TPSA) is 55.8 Å². The lowest BCUT2D eigenvalue weighted by atomic mass is 10.2. The average molecular weight is 265 g/mol. The molecule has 0 radical (unpaired) electrons. The maximum absolute atomic E-state index is 12.1. The van der Waals surface area contributed by atoms with Gasteiger partial charge < -0.3 is 9.47 Å². The molecule has 0 aliphatic heterocycles. The van der Waals surface area contributed by atoms with Gasteiger partial charge in [-0.15, -0.1) is 0 Å². The highest BCUT2D eigenvalue weighted by atomic mass is 16.6. The summed E-state index contributed by atoms with van der Waals surface area (Å²) in [5, 5.41) is 0. The van der Waals surface area contributed by atoms with Crippen LogP contribution < -0.4 is 4.74 Å². The molecule has 0 heterocycles. The molecule has 0 aliphatic rings. The first kappa shape index (κ1) is 15.0. The molecule has 0 unspecified atom stereocenters. The molecule has 0 saturated carbocycles. The van der Waals surface area contributed by atoms with Gasteiger partial charge in [0.25, 0.3) is 5.91 Å². The van der Waals surface area contributed by atoms with E-state index >= 15 is 0 Å². The van der Waals surface area contributed by atoms with E-state index in [1.165, 1.54) is 7.05 Å². The normalized spacial score (nSPS) is 10.8. The maximum Gasteiger partial charge on any atom is 0.417 e. The number of imide groups is 1. The van der Waals surface area contributed by atoms with Gasteiger partial charge in [0.2, 0.25) is 0 Å². The van der Waals surface area contributed by atoms with Crippen LogP contribution in [0.5, 0.6) is 5.75 Å². The standard InChI is InChI=1S/C14H19NO4/c1-14(2,3)19-13(17)15(4)12(16)10-6-8-11(18-5)9-7-10/h6-9H,1-5H3. The lowest BCUT2D eigenvalue weighted by Crippen LogP contribution is -2.38. The van der Waals surface area contributed by atoms with Crippen molar-refractivity contribution in [1.29, 1.82) is 0 Å². The van der Waals surface area contributed by atoms with E-state index in [-0.39, 0.29) is 0 Å². The second-order valence-corrected chi connectivity index (χ2v) is 5.07. The van der Waals surface area contributed by atoms with Crippen molar-refractivity contribution in [1.82, 2.24) is 4.90 Å². The number of methoxy groups -OCH3 is 1. The van der Waals surface area contributed by atoms with Crippen LogP contribution in [-0.4, -0.2) is 36.7 Å². The molecule has 5 nitrogen and oxygen atoms in total. The van der Waals surface area contributed by atoms with Gasteiger partial charge in [0.15, 0.2) is 0 Å². The Bertz CT molecular complexity index is 459. The Kier molecular flexibility index (Phi) is 4.53. The van der Waals surface area contributed by atoms with Gasteiger partial charge in [0.05, 0.1) is 7.11 Å². The molecular weight excluding hydrogens is 246 g/mol. The minimum atomic E-state index is -0.673. The summed E-state index contributed by atoms with van der Waals surface area (Å²) in [6.07, 6.45) is -0.673. The number of carbonyl (C=O) groups excluding carboxylic acids is 2. The maximum atomic E-state index is 12.1. The second kappa shape index (κ2) is 5.73. The van der Waals surface area contributed by atoms with E-state index in [1.54, 1.807) is 52.1 Å². The van der Waals surface area contributed by atoms with Gasteiger partial charge in [0.1, 0.15) is 11.4 Å². The number of carbonyl (C=O) groups is 2. The summed E-state index contributed by atoms with van der Waals surface area (Å²) in [5.74, 6) is 0.230. The zero-order chi connectivity index (χ0) is 14.6. The summed E-state index contributed by atoms with van der Waals surface area (Å²) in [5.41, 5.74) is -0.236. The molecule has 0 saturated heterocycles. The number of hydrogen-bond donors (Lipinski definition) is 0. The smallest absolute Gasteiger partial charge is 0.417 e. The van der Waals surface area contributed by atoms with Crippen molar-refractivity contribution < 1.29 is 19.1 Å². The minimum absolute atomic E-state index is 0.397. The SMILES string of the molecule is COc1ccc(C(=O)N(C)C(=O)OC(C)(C)C)cc1. The predicted octanol–water partition coefficient (Wildman–Crippen LogP) is 2.70. The fraction of sp³-hybridized carbons (Fsp3) is 0.429. The fourth-order valence-corrected chi connectivity index (χ4v) is 1.34. The van der Waals surface area contributed by atoms with Gasteiger partial charge in [-0.2, -0.15) is 0 Å². The van der Waals surface area contributed by atoms with Crippen molar-refractivity contribution in [3.63, 3.8) is 0 Å². The third-order valence-electron chi connectivity index (χ3n) is 2.31. The number of ether oxygens (including phenoxy) is 2. The molecule has 0 atom stereocenters. The molecule has 2 amide bonds. The van der Waals surface area contributed by atoms with E-state index < -0.39 is 17.6 Å². The van der Waals surface area contributed by atoms with Crippen LogP contribution >= 0.6 is 0 Å². The Morgan fingerprint density at radius 3 is 2.05 bits per heavy atom. The Balaban J connectivity index is 2.78. The summed E-state index contributed by atoms with van der Waals surface area (Å²) < 4.78 is 10.1. The van der Waals surface area contributed by atoms with Crippen LogP contribution in [0.2, 0.25) is 0 Å². The zero-order valence-corrected chi connectivity index (χ0v) is 11.9. The van der Waals surface area contributed by atoms with Crippen LogP contribution in [0, 0.1) is 0 Å². The van der Waals surface area contributed by atoms with Crippen LogP contribution in [0.4, 0.5) is 4.79 Å². The van der Waals surface area contributed by atoms with E-state index in [4.69, 9.17) is 9.47 Å². The number of hydrogen-bond acceptors (Lipinski definition) is 4. The van der Waals surface area contributed by atoms with Crippen molar-refractivity contribution in [2.75, 3.05) is 14.2 Å². The Morgan fingerprint density at radius 1 is 1.11 bits per heavy atom. The largest absolute Gasteiger partial charge is 0.497 e. The van der Waals surface area contributed by atoms with Crippen molar-refractivity contribution in [2.45, 2.75) is 26.4 Å². The van der Waals surface area contributed by atoms with Crippen LogP contribution in [0.15, 0.2) is 24.3 Å². The van der Waals surface area contributed by atoms with E-state index in [1.807, 2.05) is 0 Å². The van der Waals surface area contributed by atoms with Gasteiger partial charge in [0, 0.05) is 12.6 Å². The Morgan fingerprint density at radius 2 is 1.63 bits per heavy atom. The molecule has 1 rings (SSSR count). The van der Waals surface area contributed by atoms with Crippen LogP contribution in [0.25, 0.3) is 0 Å². The molecule has 0 bridgehead atoms. The van der Waals surface area contributed by atoms with Crippen LogP contribution in [0.3, 0.4) is 0 Å². The number of nitrogens with zero attached hydrogens (tertiary/aromatic N) is 1. The number of rotatable bonds is 2.